The second-order valence-electron chi connectivity index (χ2n) is 3.93. The van der Waals surface area contributed by atoms with Gasteiger partial charge in [-0.2, -0.15) is 0 Å². The number of aromatic nitrogens is 1. The van der Waals surface area contributed by atoms with Crippen LogP contribution in [-0.4, -0.2) is 18.9 Å². The Morgan fingerprint density at radius 2 is 2.30 bits per heavy atom. The quantitative estimate of drug-likeness (QED) is 0.808. The molecule has 1 heterocycles. The molecular weight excluding hydrogens is 258 g/mol. The Hall–Kier alpha value is -2.87. The van der Waals surface area contributed by atoms with Gasteiger partial charge in [-0.05, 0) is 23.8 Å². The molecule has 0 aliphatic rings. The Morgan fingerprint density at radius 3 is 2.90 bits per heavy atom. The number of methoxy groups -OCH3 is 1. The zero-order valence-corrected chi connectivity index (χ0v) is 10.9. The summed E-state index contributed by atoms with van der Waals surface area (Å²) < 4.78 is 15.2. The maximum atomic E-state index is 11.5. The van der Waals surface area contributed by atoms with Crippen molar-refractivity contribution in [3.63, 3.8) is 0 Å². The molecule has 0 radical (unpaired) electrons. The van der Waals surface area contributed by atoms with E-state index in [0.29, 0.717) is 22.1 Å². The number of hydrogen-bond donors (Lipinski definition) is 1. The van der Waals surface area contributed by atoms with E-state index >= 15 is 0 Å². The topological polar surface area (TPSA) is 64.5 Å². The number of terminal acetylenes is 1. The standard InChI is InChI=1S/C15H13NO4/c1-4-7-19-13-6-5-11(9-14(13)18-3)8-12-10(2)16-20-15(12)17/h1,5-6,8-9,16H,2,7H2,3H3/b12-8-. The van der Waals surface area contributed by atoms with Gasteiger partial charge in [0.25, 0.3) is 0 Å². The number of rotatable bonds is 4. The summed E-state index contributed by atoms with van der Waals surface area (Å²) in [6, 6.07) is 5.23. The summed E-state index contributed by atoms with van der Waals surface area (Å²) in [6.07, 6.45) is 6.79. The highest BCUT2D eigenvalue weighted by atomic mass is 16.5. The highest BCUT2D eigenvalue weighted by Gasteiger charge is 2.05. The second kappa shape index (κ2) is 5.85. The van der Waals surface area contributed by atoms with Gasteiger partial charge < -0.3 is 14.0 Å². The van der Waals surface area contributed by atoms with Crippen molar-refractivity contribution in [2.24, 2.45) is 0 Å². The predicted octanol–water partition coefficient (Wildman–Crippen LogP) is 0.228. The molecule has 5 heteroatoms. The van der Waals surface area contributed by atoms with E-state index in [9.17, 15) is 4.79 Å². The molecule has 102 valence electrons. The van der Waals surface area contributed by atoms with Crippen LogP contribution in [0.3, 0.4) is 0 Å². The Bertz CT molecular complexity index is 777. The number of benzene rings is 1. The first kappa shape index (κ1) is 13.6. The van der Waals surface area contributed by atoms with Gasteiger partial charge in [-0.25, -0.2) is 9.95 Å². The van der Waals surface area contributed by atoms with Crippen LogP contribution in [0.25, 0.3) is 12.7 Å². The normalized spacial score (nSPS) is 11.1. The van der Waals surface area contributed by atoms with Gasteiger partial charge >= 0.3 is 5.63 Å². The fraction of sp³-hybridized carbons (Fsp3) is 0.133. The van der Waals surface area contributed by atoms with Crippen LogP contribution < -0.4 is 25.7 Å². The summed E-state index contributed by atoms with van der Waals surface area (Å²) in [5.74, 6) is 3.45. The lowest BCUT2D eigenvalue weighted by molar-refractivity contribution is 0.331. The van der Waals surface area contributed by atoms with E-state index in [4.69, 9.17) is 15.9 Å². The molecule has 1 N–H and O–H groups in total. The molecule has 0 bridgehead atoms. The van der Waals surface area contributed by atoms with Gasteiger partial charge in [0.15, 0.2) is 11.5 Å². The van der Waals surface area contributed by atoms with E-state index in [-0.39, 0.29) is 6.61 Å². The molecule has 0 fully saturated rings. The van der Waals surface area contributed by atoms with Crippen molar-refractivity contribution in [1.29, 1.82) is 0 Å². The van der Waals surface area contributed by atoms with Gasteiger partial charge in [-0.1, -0.05) is 18.6 Å². The highest BCUT2D eigenvalue weighted by molar-refractivity contribution is 5.55. The Balaban J connectivity index is 2.46. The average molecular weight is 271 g/mol. The van der Waals surface area contributed by atoms with Crippen molar-refractivity contribution >= 4 is 12.7 Å². The molecule has 0 saturated heterocycles. The fourth-order valence-electron chi connectivity index (χ4n) is 1.67. The van der Waals surface area contributed by atoms with E-state index in [0.717, 1.165) is 5.56 Å². The Labute approximate surface area is 115 Å². The third kappa shape index (κ3) is 2.75. The van der Waals surface area contributed by atoms with Gasteiger partial charge in [0, 0.05) is 0 Å². The summed E-state index contributed by atoms with van der Waals surface area (Å²) in [7, 11) is 1.53. The molecular formula is C15H13NO4. The molecule has 0 aliphatic heterocycles. The first-order chi connectivity index (χ1) is 9.65. The van der Waals surface area contributed by atoms with Crippen LogP contribution in [0.4, 0.5) is 0 Å². The summed E-state index contributed by atoms with van der Waals surface area (Å²) >= 11 is 0. The summed E-state index contributed by atoms with van der Waals surface area (Å²) in [4.78, 5) is 11.5. The van der Waals surface area contributed by atoms with Gasteiger partial charge in [0.1, 0.15) is 6.61 Å². The van der Waals surface area contributed by atoms with Crippen LogP contribution in [0.2, 0.25) is 0 Å². The number of nitrogens with one attached hydrogen (secondary N) is 1. The molecule has 20 heavy (non-hydrogen) atoms. The first-order valence-electron chi connectivity index (χ1n) is 5.78. The van der Waals surface area contributed by atoms with Crippen LogP contribution in [0.15, 0.2) is 27.5 Å². The van der Waals surface area contributed by atoms with Gasteiger partial charge in [-0.3, -0.25) is 0 Å². The third-order valence-electron chi connectivity index (χ3n) is 2.62. The molecule has 5 nitrogen and oxygen atoms in total. The van der Waals surface area contributed by atoms with Crippen LogP contribution >= 0.6 is 0 Å². The van der Waals surface area contributed by atoms with Crippen LogP contribution in [0.1, 0.15) is 5.56 Å². The van der Waals surface area contributed by atoms with Gasteiger partial charge in [0.2, 0.25) is 0 Å². The largest absolute Gasteiger partial charge is 0.493 e. The molecule has 0 saturated carbocycles. The lowest BCUT2D eigenvalue weighted by Gasteiger charge is -2.09. The zero-order valence-electron chi connectivity index (χ0n) is 10.9. The predicted molar refractivity (Wildman–Crippen MR) is 75.0 cm³/mol. The highest BCUT2D eigenvalue weighted by Crippen LogP contribution is 2.28. The minimum Gasteiger partial charge on any atom is -0.493 e. The first-order valence-corrected chi connectivity index (χ1v) is 5.78. The fourth-order valence-corrected chi connectivity index (χ4v) is 1.67. The SMILES string of the molecule is C#CCOc1ccc(/C=c2/c(=C)[nH]oc2=O)cc1OC. The summed E-state index contributed by atoms with van der Waals surface area (Å²) in [5.41, 5.74) is 0.285. The smallest absolute Gasteiger partial charge is 0.365 e. The maximum Gasteiger partial charge on any atom is 0.365 e. The Kier molecular flexibility index (Phi) is 3.96. The summed E-state index contributed by atoms with van der Waals surface area (Å²) in [5, 5.41) is 3.20. The minimum atomic E-state index is -0.471. The number of H-pyrrole nitrogens is 1. The van der Waals surface area contributed by atoms with E-state index in [1.807, 2.05) is 0 Å². The molecule has 1 aromatic carbocycles. The van der Waals surface area contributed by atoms with E-state index < -0.39 is 5.63 Å². The molecule has 1 aromatic heterocycles. The minimum absolute atomic E-state index is 0.157. The van der Waals surface area contributed by atoms with E-state index in [2.05, 4.69) is 22.2 Å². The lowest BCUT2D eigenvalue weighted by Crippen LogP contribution is -2.31. The van der Waals surface area contributed by atoms with Crippen LogP contribution in [-0.2, 0) is 0 Å². The molecule has 0 unspecified atom stereocenters. The molecule has 2 aromatic rings. The molecule has 0 atom stereocenters. The lowest BCUT2D eigenvalue weighted by atomic mass is 10.1. The van der Waals surface area contributed by atoms with Crippen molar-refractivity contribution < 1.29 is 14.0 Å². The Morgan fingerprint density at radius 1 is 1.50 bits per heavy atom. The third-order valence-corrected chi connectivity index (χ3v) is 2.62. The van der Waals surface area contributed by atoms with Crippen molar-refractivity contribution in [2.75, 3.05) is 13.7 Å². The van der Waals surface area contributed by atoms with E-state index in [1.165, 1.54) is 7.11 Å². The number of aromatic amines is 1. The van der Waals surface area contributed by atoms with E-state index in [1.54, 1.807) is 24.3 Å². The molecule has 0 amide bonds. The monoisotopic (exact) mass is 271 g/mol. The van der Waals surface area contributed by atoms with Crippen molar-refractivity contribution in [3.8, 4) is 23.8 Å². The zero-order chi connectivity index (χ0) is 14.5. The van der Waals surface area contributed by atoms with Gasteiger partial charge in [-0.15, -0.1) is 6.42 Å². The van der Waals surface area contributed by atoms with Crippen LogP contribution in [0.5, 0.6) is 11.5 Å². The second-order valence-corrected chi connectivity index (χ2v) is 3.93. The number of hydrogen-bond acceptors (Lipinski definition) is 4. The molecule has 0 aliphatic carbocycles. The maximum absolute atomic E-state index is 11.5. The van der Waals surface area contributed by atoms with Crippen LogP contribution in [0, 0.1) is 12.3 Å². The number of ether oxygens (including phenoxy) is 2. The molecule has 2 rings (SSSR count). The van der Waals surface area contributed by atoms with Crippen molar-refractivity contribution in [2.45, 2.75) is 0 Å². The summed E-state index contributed by atoms with van der Waals surface area (Å²) in [6.45, 7) is 3.84. The van der Waals surface area contributed by atoms with Gasteiger partial charge in [0.05, 0.1) is 17.7 Å². The van der Waals surface area contributed by atoms with Crippen molar-refractivity contribution in [3.05, 3.63) is 44.8 Å². The van der Waals surface area contributed by atoms with Crippen molar-refractivity contribution in [1.82, 2.24) is 5.16 Å². The molecule has 0 spiro atoms. The average Bonchev–Trinajstić information content (AvgIpc) is 2.77.